The largest absolute Gasteiger partial charge is 0.395 e. The van der Waals surface area contributed by atoms with Crippen LogP contribution >= 0.6 is 0 Å². The number of aliphatic hydroxyl groups excluding tert-OH is 1. The summed E-state index contributed by atoms with van der Waals surface area (Å²) < 4.78 is 0. The van der Waals surface area contributed by atoms with Gasteiger partial charge in [-0.1, -0.05) is 19.1 Å². The van der Waals surface area contributed by atoms with Crippen molar-refractivity contribution in [1.29, 1.82) is 0 Å². The lowest BCUT2D eigenvalue weighted by Crippen LogP contribution is -2.50. The lowest BCUT2D eigenvalue weighted by atomic mass is 10.1. The molecule has 0 saturated carbocycles. The van der Waals surface area contributed by atoms with Crippen LogP contribution in [0.1, 0.15) is 12.5 Å². The topological polar surface area (TPSA) is 55.8 Å². The van der Waals surface area contributed by atoms with E-state index in [4.69, 9.17) is 5.11 Å². The molecule has 1 saturated heterocycles. The zero-order chi connectivity index (χ0) is 14.4. The van der Waals surface area contributed by atoms with Crippen molar-refractivity contribution >= 4 is 11.7 Å². The van der Waals surface area contributed by atoms with Gasteiger partial charge in [0.1, 0.15) is 0 Å². The van der Waals surface area contributed by atoms with Crippen LogP contribution in [0.5, 0.6) is 0 Å². The summed E-state index contributed by atoms with van der Waals surface area (Å²) in [4.78, 5) is 16.1. The average Bonchev–Trinajstić information content (AvgIpc) is 2.49. The molecule has 1 aromatic rings. The second-order valence-electron chi connectivity index (χ2n) is 5.03. The van der Waals surface area contributed by atoms with Gasteiger partial charge < -0.3 is 15.3 Å². The molecule has 0 unspecified atom stereocenters. The maximum Gasteiger partial charge on any atom is 0.321 e. The van der Waals surface area contributed by atoms with E-state index >= 15 is 0 Å². The van der Waals surface area contributed by atoms with Crippen LogP contribution in [-0.4, -0.2) is 60.3 Å². The lowest BCUT2D eigenvalue weighted by molar-refractivity contribution is 0.127. The Morgan fingerprint density at radius 2 is 1.85 bits per heavy atom. The number of rotatable bonds is 4. The van der Waals surface area contributed by atoms with Crippen molar-refractivity contribution in [2.75, 3.05) is 44.6 Å². The molecule has 1 aromatic carbocycles. The van der Waals surface area contributed by atoms with Crippen LogP contribution in [0.4, 0.5) is 10.5 Å². The number of piperazine rings is 1. The summed E-state index contributed by atoms with van der Waals surface area (Å²) in [5.74, 6) is 0. The Bertz CT molecular complexity index is 425. The van der Waals surface area contributed by atoms with Gasteiger partial charge >= 0.3 is 6.03 Å². The van der Waals surface area contributed by atoms with Crippen LogP contribution in [0.15, 0.2) is 24.3 Å². The minimum absolute atomic E-state index is 0.0436. The van der Waals surface area contributed by atoms with E-state index in [1.165, 1.54) is 5.56 Å². The third-order valence-electron chi connectivity index (χ3n) is 3.69. The molecule has 1 aliphatic heterocycles. The van der Waals surface area contributed by atoms with Gasteiger partial charge in [0.25, 0.3) is 0 Å². The van der Waals surface area contributed by atoms with Crippen molar-refractivity contribution < 1.29 is 9.90 Å². The van der Waals surface area contributed by atoms with Crippen LogP contribution in [0.2, 0.25) is 0 Å². The third kappa shape index (κ3) is 3.95. The first kappa shape index (κ1) is 14.8. The molecule has 0 aliphatic carbocycles. The van der Waals surface area contributed by atoms with Crippen LogP contribution in [0.25, 0.3) is 0 Å². The number of benzene rings is 1. The normalized spacial score (nSPS) is 16.2. The van der Waals surface area contributed by atoms with Crippen molar-refractivity contribution in [3.63, 3.8) is 0 Å². The minimum Gasteiger partial charge on any atom is -0.395 e. The van der Waals surface area contributed by atoms with Gasteiger partial charge in [0.2, 0.25) is 0 Å². The second-order valence-corrected chi connectivity index (χ2v) is 5.03. The summed E-state index contributed by atoms with van der Waals surface area (Å²) in [5, 5.41) is 11.8. The number of nitrogens with one attached hydrogen (secondary N) is 1. The summed E-state index contributed by atoms with van der Waals surface area (Å²) in [6, 6.07) is 7.92. The van der Waals surface area contributed by atoms with E-state index in [1.807, 2.05) is 29.2 Å². The number of nitrogens with zero attached hydrogens (tertiary/aromatic N) is 2. The smallest absolute Gasteiger partial charge is 0.321 e. The number of β-amino-alcohol motifs (C(OH)–C–C–N with tert-alkyl or cyclic N) is 1. The Balaban J connectivity index is 1.83. The van der Waals surface area contributed by atoms with E-state index < -0.39 is 0 Å². The molecule has 2 amide bonds. The van der Waals surface area contributed by atoms with Gasteiger partial charge in [-0.3, -0.25) is 4.90 Å². The summed E-state index contributed by atoms with van der Waals surface area (Å²) in [6.45, 7) is 6.03. The highest BCUT2D eigenvalue weighted by Gasteiger charge is 2.20. The molecular formula is C15H23N3O2. The number of urea groups is 1. The standard InChI is InChI=1S/C15H23N3O2/c1-2-13-3-5-14(6-4-13)16-15(20)18-9-7-17(8-10-18)11-12-19/h3-6,19H,2,7-12H2,1H3,(H,16,20). The quantitative estimate of drug-likeness (QED) is 0.874. The fourth-order valence-electron chi connectivity index (χ4n) is 2.34. The van der Waals surface area contributed by atoms with Crippen molar-refractivity contribution in [2.45, 2.75) is 13.3 Å². The van der Waals surface area contributed by atoms with E-state index in [9.17, 15) is 4.79 Å². The van der Waals surface area contributed by atoms with E-state index in [-0.39, 0.29) is 12.6 Å². The van der Waals surface area contributed by atoms with Crippen molar-refractivity contribution in [3.05, 3.63) is 29.8 Å². The monoisotopic (exact) mass is 277 g/mol. The number of hydrogen-bond donors (Lipinski definition) is 2. The Labute approximate surface area is 120 Å². The number of carbonyl (C=O) groups excluding carboxylic acids is 1. The molecule has 0 aromatic heterocycles. The van der Waals surface area contributed by atoms with Crippen LogP contribution < -0.4 is 5.32 Å². The molecule has 0 radical (unpaired) electrons. The van der Waals surface area contributed by atoms with E-state index in [0.29, 0.717) is 19.6 Å². The van der Waals surface area contributed by atoms with Crippen molar-refractivity contribution in [2.24, 2.45) is 0 Å². The van der Waals surface area contributed by atoms with Gasteiger partial charge in [-0.15, -0.1) is 0 Å². The van der Waals surface area contributed by atoms with Gasteiger partial charge in [0.05, 0.1) is 6.61 Å². The summed E-state index contributed by atoms with van der Waals surface area (Å²) in [6.07, 6.45) is 1.00. The molecule has 2 N–H and O–H groups in total. The predicted molar refractivity (Wildman–Crippen MR) is 79.9 cm³/mol. The summed E-state index contributed by atoms with van der Waals surface area (Å²) in [7, 11) is 0. The lowest BCUT2D eigenvalue weighted by Gasteiger charge is -2.34. The molecule has 0 atom stereocenters. The molecule has 20 heavy (non-hydrogen) atoms. The second kappa shape index (κ2) is 7.26. The van der Waals surface area contributed by atoms with E-state index in [2.05, 4.69) is 17.1 Å². The van der Waals surface area contributed by atoms with E-state index in [0.717, 1.165) is 25.2 Å². The Kier molecular flexibility index (Phi) is 5.38. The maximum absolute atomic E-state index is 12.1. The SMILES string of the molecule is CCc1ccc(NC(=O)N2CCN(CCO)CC2)cc1. The van der Waals surface area contributed by atoms with Gasteiger partial charge in [0, 0.05) is 38.4 Å². The van der Waals surface area contributed by atoms with Gasteiger partial charge in [-0.05, 0) is 24.1 Å². The fraction of sp³-hybridized carbons (Fsp3) is 0.533. The first-order valence-corrected chi connectivity index (χ1v) is 7.21. The zero-order valence-electron chi connectivity index (χ0n) is 12.0. The number of aryl methyl sites for hydroxylation is 1. The maximum atomic E-state index is 12.1. The molecule has 1 fully saturated rings. The average molecular weight is 277 g/mol. The van der Waals surface area contributed by atoms with Crippen LogP contribution in [-0.2, 0) is 6.42 Å². The molecule has 0 spiro atoms. The highest BCUT2D eigenvalue weighted by molar-refractivity contribution is 5.89. The molecule has 5 heteroatoms. The van der Waals surface area contributed by atoms with E-state index in [1.54, 1.807) is 0 Å². The number of carbonyl (C=O) groups is 1. The summed E-state index contributed by atoms with van der Waals surface area (Å²) >= 11 is 0. The number of anilines is 1. The number of aliphatic hydroxyl groups is 1. The highest BCUT2D eigenvalue weighted by Crippen LogP contribution is 2.11. The number of hydrogen-bond acceptors (Lipinski definition) is 3. The Morgan fingerprint density at radius 3 is 2.40 bits per heavy atom. The first-order chi connectivity index (χ1) is 9.72. The summed E-state index contributed by atoms with van der Waals surface area (Å²) in [5.41, 5.74) is 2.10. The van der Waals surface area contributed by atoms with Crippen molar-refractivity contribution in [1.82, 2.24) is 9.80 Å². The molecule has 2 rings (SSSR count). The molecular weight excluding hydrogens is 254 g/mol. The molecule has 5 nitrogen and oxygen atoms in total. The van der Waals surface area contributed by atoms with Gasteiger partial charge in [-0.2, -0.15) is 0 Å². The minimum atomic E-state index is -0.0436. The zero-order valence-corrected chi connectivity index (χ0v) is 12.0. The van der Waals surface area contributed by atoms with Gasteiger partial charge in [0.15, 0.2) is 0 Å². The molecule has 110 valence electrons. The van der Waals surface area contributed by atoms with Crippen LogP contribution in [0, 0.1) is 0 Å². The highest BCUT2D eigenvalue weighted by atomic mass is 16.3. The predicted octanol–water partition coefficient (Wildman–Crippen LogP) is 1.39. The third-order valence-corrected chi connectivity index (χ3v) is 3.69. The first-order valence-electron chi connectivity index (χ1n) is 7.21. The Morgan fingerprint density at radius 1 is 1.20 bits per heavy atom. The molecule has 1 aliphatic rings. The van der Waals surface area contributed by atoms with Crippen molar-refractivity contribution in [3.8, 4) is 0 Å². The number of amides is 2. The molecule has 0 bridgehead atoms. The molecule has 1 heterocycles. The van der Waals surface area contributed by atoms with Crippen LogP contribution in [0.3, 0.4) is 0 Å². The Hall–Kier alpha value is -1.59. The fourth-order valence-corrected chi connectivity index (χ4v) is 2.34. The van der Waals surface area contributed by atoms with Gasteiger partial charge in [-0.25, -0.2) is 4.79 Å².